The molecule has 1 atom stereocenters. The minimum atomic E-state index is -1.04. The number of amides is 1. The zero-order valence-electron chi connectivity index (χ0n) is 14.9. The zero-order chi connectivity index (χ0) is 17.6. The molecular formula is C19H26BrCl2N3O. The number of carbonyl (C=O) groups excluding carboxylic acids is 1. The molecule has 144 valence electrons. The van der Waals surface area contributed by atoms with Crippen LogP contribution in [0, 0.1) is 0 Å². The van der Waals surface area contributed by atoms with Crippen LogP contribution in [0.15, 0.2) is 59.1 Å². The van der Waals surface area contributed by atoms with Crippen molar-refractivity contribution in [3.8, 4) is 0 Å². The molecule has 2 aromatic rings. The van der Waals surface area contributed by atoms with Gasteiger partial charge in [-0.25, -0.2) is 0 Å². The van der Waals surface area contributed by atoms with Crippen molar-refractivity contribution in [2.24, 2.45) is 5.73 Å². The summed E-state index contributed by atoms with van der Waals surface area (Å²) in [4.78, 5) is 14.6. The van der Waals surface area contributed by atoms with E-state index in [9.17, 15) is 4.79 Å². The van der Waals surface area contributed by atoms with E-state index in [1.807, 2.05) is 49.5 Å². The number of likely N-dealkylation sites (N-methyl/N-ethyl adjacent to an activating group) is 1. The van der Waals surface area contributed by atoms with E-state index >= 15 is 0 Å². The summed E-state index contributed by atoms with van der Waals surface area (Å²) in [6, 6.07) is 17.8. The summed E-state index contributed by atoms with van der Waals surface area (Å²) in [6.45, 7) is 3.91. The lowest BCUT2D eigenvalue weighted by Gasteiger charge is -2.25. The summed E-state index contributed by atoms with van der Waals surface area (Å²) in [6.07, 6.45) is 0. The Bertz CT molecular complexity index is 666. The number of nitrogens with zero attached hydrogens (tertiary/aromatic N) is 1. The standard InChI is InChI=1S/C19H24BrN3O.2ClH/c1-19(21,16-8-10-17(20)11-9-16)18(24)22-12-13-23(2)14-15-6-4-3-5-7-15;;/h3-11H,12-14,21H2,1-2H3,(H,22,24);2*1H. The highest BCUT2D eigenvalue weighted by molar-refractivity contribution is 9.10. The molecule has 0 saturated carbocycles. The molecule has 0 radical (unpaired) electrons. The molecule has 0 aromatic heterocycles. The Kier molecular flexibility index (Phi) is 11.1. The smallest absolute Gasteiger partial charge is 0.244 e. The molecule has 2 aromatic carbocycles. The molecule has 26 heavy (non-hydrogen) atoms. The first-order valence-corrected chi connectivity index (χ1v) is 8.74. The molecule has 1 unspecified atom stereocenters. The number of carbonyl (C=O) groups is 1. The molecule has 0 aliphatic heterocycles. The maximum atomic E-state index is 12.4. The Morgan fingerprint density at radius 1 is 1.12 bits per heavy atom. The van der Waals surface area contributed by atoms with Gasteiger partial charge in [-0.05, 0) is 37.2 Å². The molecule has 0 saturated heterocycles. The van der Waals surface area contributed by atoms with Crippen LogP contribution < -0.4 is 11.1 Å². The number of hydrogen-bond acceptors (Lipinski definition) is 3. The van der Waals surface area contributed by atoms with Crippen molar-refractivity contribution in [2.45, 2.75) is 19.0 Å². The second-order valence-corrected chi connectivity index (χ2v) is 7.10. The van der Waals surface area contributed by atoms with Crippen LogP contribution in [-0.2, 0) is 16.9 Å². The van der Waals surface area contributed by atoms with Gasteiger partial charge in [-0.2, -0.15) is 0 Å². The Morgan fingerprint density at radius 3 is 2.27 bits per heavy atom. The zero-order valence-corrected chi connectivity index (χ0v) is 18.2. The molecule has 2 rings (SSSR count). The molecule has 0 aliphatic rings. The van der Waals surface area contributed by atoms with Gasteiger partial charge in [0.1, 0.15) is 5.54 Å². The summed E-state index contributed by atoms with van der Waals surface area (Å²) < 4.78 is 0.963. The molecule has 1 amide bonds. The van der Waals surface area contributed by atoms with Crippen molar-refractivity contribution in [2.75, 3.05) is 20.1 Å². The number of hydrogen-bond donors (Lipinski definition) is 2. The van der Waals surface area contributed by atoms with E-state index in [0.717, 1.165) is 23.1 Å². The van der Waals surface area contributed by atoms with Gasteiger partial charge >= 0.3 is 0 Å². The molecule has 0 bridgehead atoms. The van der Waals surface area contributed by atoms with E-state index in [-0.39, 0.29) is 30.7 Å². The maximum absolute atomic E-state index is 12.4. The lowest BCUT2D eigenvalue weighted by molar-refractivity contribution is -0.126. The number of nitrogens with two attached hydrogens (primary N) is 1. The van der Waals surface area contributed by atoms with Gasteiger partial charge in [0.2, 0.25) is 5.91 Å². The predicted octanol–water partition coefficient (Wildman–Crippen LogP) is 3.71. The van der Waals surface area contributed by atoms with Crippen LogP contribution in [-0.4, -0.2) is 30.9 Å². The fraction of sp³-hybridized carbons (Fsp3) is 0.316. The van der Waals surface area contributed by atoms with Gasteiger partial charge in [0.05, 0.1) is 0 Å². The lowest BCUT2D eigenvalue weighted by atomic mass is 9.92. The summed E-state index contributed by atoms with van der Waals surface area (Å²) in [7, 11) is 2.04. The number of nitrogens with one attached hydrogen (secondary N) is 1. The molecule has 7 heteroatoms. The fourth-order valence-corrected chi connectivity index (χ4v) is 2.71. The van der Waals surface area contributed by atoms with Crippen LogP contribution in [0.1, 0.15) is 18.1 Å². The van der Waals surface area contributed by atoms with E-state index in [0.29, 0.717) is 6.54 Å². The van der Waals surface area contributed by atoms with Crippen LogP contribution in [0.3, 0.4) is 0 Å². The fourth-order valence-electron chi connectivity index (χ4n) is 2.45. The molecule has 0 spiro atoms. The van der Waals surface area contributed by atoms with Gasteiger partial charge in [0.15, 0.2) is 0 Å². The SMILES string of the molecule is CN(CCNC(=O)C(C)(N)c1ccc(Br)cc1)Cc1ccccc1.Cl.Cl. The van der Waals surface area contributed by atoms with Crippen molar-refractivity contribution >= 4 is 46.7 Å². The molecule has 0 aliphatic carbocycles. The van der Waals surface area contributed by atoms with Crippen LogP contribution in [0.5, 0.6) is 0 Å². The largest absolute Gasteiger partial charge is 0.353 e. The molecule has 0 fully saturated rings. The highest BCUT2D eigenvalue weighted by atomic mass is 79.9. The highest BCUT2D eigenvalue weighted by Crippen LogP contribution is 2.20. The second kappa shape index (κ2) is 11.6. The topological polar surface area (TPSA) is 58.4 Å². The monoisotopic (exact) mass is 461 g/mol. The number of rotatable bonds is 7. The van der Waals surface area contributed by atoms with E-state index < -0.39 is 5.54 Å². The molecule has 4 nitrogen and oxygen atoms in total. The quantitative estimate of drug-likeness (QED) is 0.659. The average Bonchev–Trinajstić information content (AvgIpc) is 2.56. The number of benzene rings is 2. The van der Waals surface area contributed by atoms with Crippen LogP contribution in [0.25, 0.3) is 0 Å². The average molecular weight is 463 g/mol. The first-order chi connectivity index (χ1) is 11.4. The van der Waals surface area contributed by atoms with Gasteiger partial charge in [-0.1, -0.05) is 58.4 Å². The maximum Gasteiger partial charge on any atom is 0.244 e. The van der Waals surface area contributed by atoms with Crippen LogP contribution >= 0.6 is 40.7 Å². The Balaban J connectivity index is 0.00000312. The minimum absolute atomic E-state index is 0. The van der Waals surface area contributed by atoms with Crippen molar-refractivity contribution in [1.29, 1.82) is 0 Å². The van der Waals surface area contributed by atoms with Gasteiger partial charge in [0.25, 0.3) is 0 Å². The summed E-state index contributed by atoms with van der Waals surface area (Å²) in [5, 5.41) is 2.94. The third-order valence-corrected chi connectivity index (χ3v) is 4.52. The van der Waals surface area contributed by atoms with Gasteiger partial charge in [-0.3, -0.25) is 4.79 Å². The lowest BCUT2D eigenvalue weighted by Crippen LogP contribution is -2.50. The van der Waals surface area contributed by atoms with Gasteiger partial charge in [0, 0.05) is 24.1 Å². The normalized spacial score (nSPS) is 12.5. The van der Waals surface area contributed by atoms with E-state index in [4.69, 9.17) is 5.73 Å². The summed E-state index contributed by atoms with van der Waals surface area (Å²) >= 11 is 3.39. The van der Waals surface area contributed by atoms with Crippen molar-refractivity contribution in [3.05, 3.63) is 70.2 Å². The molecule has 0 heterocycles. The van der Waals surface area contributed by atoms with Crippen LogP contribution in [0.4, 0.5) is 0 Å². The first kappa shape index (κ1) is 24.9. The van der Waals surface area contributed by atoms with Crippen molar-refractivity contribution in [3.63, 3.8) is 0 Å². The third kappa shape index (κ3) is 7.25. The van der Waals surface area contributed by atoms with E-state index in [1.54, 1.807) is 6.92 Å². The predicted molar refractivity (Wildman–Crippen MR) is 116 cm³/mol. The summed E-state index contributed by atoms with van der Waals surface area (Å²) in [5.74, 6) is -0.169. The Hall–Kier alpha value is -1.11. The van der Waals surface area contributed by atoms with E-state index in [2.05, 4.69) is 38.3 Å². The first-order valence-electron chi connectivity index (χ1n) is 7.95. The Morgan fingerprint density at radius 2 is 1.69 bits per heavy atom. The summed E-state index contributed by atoms with van der Waals surface area (Å²) in [5.41, 5.74) is 7.24. The second-order valence-electron chi connectivity index (χ2n) is 6.19. The number of halogens is 3. The minimum Gasteiger partial charge on any atom is -0.353 e. The molecule has 3 N–H and O–H groups in total. The van der Waals surface area contributed by atoms with Crippen LogP contribution in [0.2, 0.25) is 0 Å². The van der Waals surface area contributed by atoms with Gasteiger partial charge in [-0.15, -0.1) is 24.8 Å². The third-order valence-electron chi connectivity index (χ3n) is 3.99. The van der Waals surface area contributed by atoms with Gasteiger partial charge < -0.3 is 16.0 Å². The van der Waals surface area contributed by atoms with Crippen molar-refractivity contribution in [1.82, 2.24) is 10.2 Å². The highest BCUT2D eigenvalue weighted by Gasteiger charge is 2.30. The Labute approximate surface area is 176 Å². The molecular weight excluding hydrogens is 437 g/mol. The van der Waals surface area contributed by atoms with E-state index in [1.165, 1.54) is 5.56 Å². The van der Waals surface area contributed by atoms with Crippen molar-refractivity contribution < 1.29 is 4.79 Å².